The first-order chi connectivity index (χ1) is 7.13. The van der Waals surface area contributed by atoms with Gasteiger partial charge in [0.1, 0.15) is 6.10 Å². The lowest BCUT2D eigenvalue weighted by Crippen LogP contribution is -2.20. The van der Waals surface area contributed by atoms with E-state index in [1.165, 1.54) is 0 Å². The summed E-state index contributed by atoms with van der Waals surface area (Å²) in [6.07, 6.45) is -0.171. The Hall–Kier alpha value is -0.650. The largest absolute Gasteiger partial charge is 0.470 e. The molecule has 0 fully saturated rings. The van der Waals surface area contributed by atoms with Crippen molar-refractivity contribution in [2.24, 2.45) is 0 Å². The Morgan fingerprint density at radius 1 is 1.33 bits per heavy atom. The maximum Gasteiger partial charge on any atom is 0.257 e. The van der Waals surface area contributed by atoms with Gasteiger partial charge in [0.25, 0.3) is 5.88 Å². The van der Waals surface area contributed by atoms with Crippen LogP contribution in [0.1, 0.15) is 13.8 Å². The number of halogens is 2. The van der Waals surface area contributed by atoms with E-state index >= 15 is 0 Å². The third kappa shape index (κ3) is 4.15. The maximum absolute atomic E-state index is 5.71. The molecule has 0 aliphatic rings. The molecule has 0 aliphatic carbocycles. The Morgan fingerprint density at radius 3 is 2.73 bits per heavy atom. The molecule has 0 spiro atoms. The maximum atomic E-state index is 5.71. The zero-order valence-electron chi connectivity index (χ0n) is 8.41. The highest BCUT2D eigenvalue weighted by Crippen LogP contribution is 2.20. The molecule has 0 N–H and O–H groups in total. The first-order valence-electron chi connectivity index (χ1n) is 4.43. The van der Waals surface area contributed by atoms with E-state index in [2.05, 4.69) is 15.2 Å². The summed E-state index contributed by atoms with van der Waals surface area (Å²) < 4.78 is 10.5. The Balaban J connectivity index is 2.59. The van der Waals surface area contributed by atoms with Gasteiger partial charge in [-0.3, -0.25) is 0 Å². The molecule has 1 aromatic rings. The first-order valence-corrected chi connectivity index (χ1v) is 5.19. The van der Waals surface area contributed by atoms with Crippen molar-refractivity contribution in [3.8, 4) is 5.88 Å². The van der Waals surface area contributed by atoms with Crippen molar-refractivity contribution in [1.82, 2.24) is 15.2 Å². The summed E-state index contributed by atoms with van der Waals surface area (Å²) in [6, 6.07) is 0. The second kappa shape index (κ2) is 6.05. The van der Waals surface area contributed by atoms with Gasteiger partial charge in [-0.15, -0.1) is 10.2 Å². The van der Waals surface area contributed by atoms with Crippen LogP contribution in [0.5, 0.6) is 5.88 Å². The fourth-order valence-electron chi connectivity index (χ4n) is 0.864. The minimum Gasteiger partial charge on any atom is -0.470 e. The number of hydrogen-bond acceptors (Lipinski definition) is 5. The standard InChI is InChI=1S/C8H11Cl2N3O2/c1-3-14-4-5(2)15-7-6(9)12-13-8(10)11-7/h5H,3-4H2,1-2H3. The van der Waals surface area contributed by atoms with Crippen molar-refractivity contribution in [3.05, 3.63) is 10.4 Å². The third-order valence-electron chi connectivity index (χ3n) is 1.46. The Labute approximate surface area is 97.7 Å². The normalized spacial score (nSPS) is 12.5. The highest BCUT2D eigenvalue weighted by molar-refractivity contribution is 6.31. The molecule has 15 heavy (non-hydrogen) atoms. The van der Waals surface area contributed by atoms with Gasteiger partial charge in [-0.2, -0.15) is 4.98 Å². The summed E-state index contributed by atoms with van der Waals surface area (Å²) in [7, 11) is 0. The van der Waals surface area contributed by atoms with E-state index in [0.29, 0.717) is 13.2 Å². The second-order valence-corrected chi connectivity index (χ2v) is 3.46. The van der Waals surface area contributed by atoms with Crippen LogP contribution in [0.2, 0.25) is 10.4 Å². The zero-order chi connectivity index (χ0) is 11.3. The van der Waals surface area contributed by atoms with Crippen LogP contribution in [0, 0.1) is 0 Å². The van der Waals surface area contributed by atoms with E-state index in [-0.39, 0.29) is 22.4 Å². The van der Waals surface area contributed by atoms with Crippen molar-refractivity contribution in [3.63, 3.8) is 0 Å². The summed E-state index contributed by atoms with van der Waals surface area (Å²) >= 11 is 11.3. The Kier molecular flexibility index (Phi) is 5.01. The highest BCUT2D eigenvalue weighted by atomic mass is 35.5. The smallest absolute Gasteiger partial charge is 0.257 e. The fraction of sp³-hybridized carbons (Fsp3) is 0.625. The lowest BCUT2D eigenvalue weighted by Gasteiger charge is -2.13. The summed E-state index contributed by atoms with van der Waals surface area (Å²) in [5.74, 6) is 0.170. The van der Waals surface area contributed by atoms with Gasteiger partial charge in [-0.25, -0.2) is 0 Å². The average Bonchev–Trinajstić information content (AvgIpc) is 2.20. The first kappa shape index (κ1) is 12.4. The monoisotopic (exact) mass is 251 g/mol. The van der Waals surface area contributed by atoms with E-state index in [1.807, 2.05) is 13.8 Å². The van der Waals surface area contributed by atoms with E-state index in [1.54, 1.807) is 0 Å². The third-order valence-corrected chi connectivity index (χ3v) is 1.86. The van der Waals surface area contributed by atoms with Gasteiger partial charge in [-0.05, 0) is 25.4 Å². The van der Waals surface area contributed by atoms with Gasteiger partial charge in [-0.1, -0.05) is 11.6 Å². The second-order valence-electron chi connectivity index (χ2n) is 2.76. The molecule has 1 atom stereocenters. The van der Waals surface area contributed by atoms with Crippen LogP contribution in [0.3, 0.4) is 0 Å². The molecule has 1 unspecified atom stereocenters. The van der Waals surface area contributed by atoms with Gasteiger partial charge < -0.3 is 9.47 Å². The van der Waals surface area contributed by atoms with Crippen LogP contribution in [0.4, 0.5) is 0 Å². The van der Waals surface area contributed by atoms with Crippen molar-refractivity contribution < 1.29 is 9.47 Å². The van der Waals surface area contributed by atoms with Gasteiger partial charge in [0, 0.05) is 6.61 Å². The average molecular weight is 252 g/mol. The molecule has 84 valence electrons. The number of ether oxygens (including phenoxy) is 2. The Bertz CT molecular complexity index is 325. The summed E-state index contributed by atoms with van der Waals surface area (Å²) in [5, 5.41) is 7.12. The van der Waals surface area contributed by atoms with E-state index < -0.39 is 0 Å². The molecule has 0 saturated heterocycles. The van der Waals surface area contributed by atoms with Gasteiger partial charge in [0.15, 0.2) is 0 Å². The Morgan fingerprint density at radius 2 is 2.07 bits per heavy atom. The van der Waals surface area contributed by atoms with Crippen LogP contribution in [0.15, 0.2) is 0 Å². The number of rotatable bonds is 5. The zero-order valence-corrected chi connectivity index (χ0v) is 9.92. The lowest BCUT2D eigenvalue weighted by molar-refractivity contribution is 0.0630. The molecule has 5 nitrogen and oxygen atoms in total. The molecule has 7 heteroatoms. The molecule has 1 rings (SSSR count). The number of hydrogen-bond donors (Lipinski definition) is 0. The number of aromatic nitrogens is 3. The van der Waals surface area contributed by atoms with E-state index in [4.69, 9.17) is 32.7 Å². The molecular formula is C8H11Cl2N3O2. The number of nitrogens with zero attached hydrogens (tertiary/aromatic N) is 3. The minimum atomic E-state index is -0.171. The van der Waals surface area contributed by atoms with Crippen molar-refractivity contribution in [2.45, 2.75) is 20.0 Å². The van der Waals surface area contributed by atoms with Crippen LogP contribution < -0.4 is 4.74 Å². The molecular weight excluding hydrogens is 241 g/mol. The minimum absolute atomic E-state index is 0.00184. The lowest BCUT2D eigenvalue weighted by atomic mass is 10.4. The van der Waals surface area contributed by atoms with Crippen molar-refractivity contribution in [2.75, 3.05) is 13.2 Å². The summed E-state index contributed by atoms with van der Waals surface area (Å²) in [4.78, 5) is 3.80. The predicted molar refractivity (Wildman–Crippen MR) is 56.4 cm³/mol. The molecule has 1 aromatic heterocycles. The predicted octanol–water partition coefficient (Wildman–Crippen LogP) is 1.98. The van der Waals surface area contributed by atoms with Crippen molar-refractivity contribution >= 4 is 23.2 Å². The fourth-order valence-corrected chi connectivity index (χ4v) is 1.10. The summed E-state index contributed by atoms with van der Waals surface area (Å²) in [6.45, 7) is 4.82. The molecule has 0 aliphatic heterocycles. The SMILES string of the molecule is CCOCC(C)Oc1nc(Cl)nnc1Cl. The van der Waals surface area contributed by atoms with Crippen molar-refractivity contribution in [1.29, 1.82) is 0 Å². The van der Waals surface area contributed by atoms with Gasteiger partial charge >= 0.3 is 0 Å². The van der Waals surface area contributed by atoms with E-state index in [0.717, 1.165) is 0 Å². The molecule has 0 aromatic carbocycles. The van der Waals surface area contributed by atoms with Crippen LogP contribution >= 0.6 is 23.2 Å². The topological polar surface area (TPSA) is 57.1 Å². The van der Waals surface area contributed by atoms with E-state index in [9.17, 15) is 0 Å². The van der Waals surface area contributed by atoms with Crippen LogP contribution in [-0.2, 0) is 4.74 Å². The molecule has 0 amide bonds. The molecule has 0 radical (unpaired) electrons. The molecule has 1 heterocycles. The van der Waals surface area contributed by atoms with Gasteiger partial charge in [0.2, 0.25) is 10.4 Å². The van der Waals surface area contributed by atoms with Crippen LogP contribution in [0.25, 0.3) is 0 Å². The quantitative estimate of drug-likeness (QED) is 0.801. The van der Waals surface area contributed by atoms with Crippen LogP contribution in [-0.4, -0.2) is 34.5 Å². The highest BCUT2D eigenvalue weighted by Gasteiger charge is 2.11. The molecule has 0 bridgehead atoms. The van der Waals surface area contributed by atoms with Gasteiger partial charge in [0.05, 0.1) is 6.61 Å². The molecule has 0 saturated carbocycles. The summed E-state index contributed by atoms with van der Waals surface area (Å²) in [5.41, 5.74) is 0.